The number of nitrogens with zero attached hydrogens (tertiary/aromatic N) is 2. The molecule has 0 unspecified atom stereocenters. The zero-order valence-corrected chi connectivity index (χ0v) is 9.20. The highest BCUT2D eigenvalue weighted by Gasteiger charge is 2.07. The van der Waals surface area contributed by atoms with Gasteiger partial charge >= 0.3 is 0 Å². The molecule has 0 spiro atoms. The Morgan fingerprint density at radius 1 is 1.50 bits per heavy atom. The van der Waals surface area contributed by atoms with Crippen molar-refractivity contribution in [3.8, 4) is 5.69 Å². The topological polar surface area (TPSA) is 34.9 Å². The standard InChI is InChI=1S/C11H8ClFN2O/c1-7-8(6-16)5-15(14-7)9-2-3-10(12)11(13)4-9/h2-6H,1H3. The van der Waals surface area contributed by atoms with Gasteiger partial charge in [-0.3, -0.25) is 4.79 Å². The van der Waals surface area contributed by atoms with Crippen LogP contribution in [0.1, 0.15) is 16.1 Å². The molecule has 0 bridgehead atoms. The van der Waals surface area contributed by atoms with Gasteiger partial charge in [-0.05, 0) is 19.1 Å². The third-order valence-corrected chi connectivity index (χ3v) is 2.54. The molecule has 2 rings (SSSR count). The molecular formula is C11H8ClFN2O. The van der Waals surface area contributed by atoms with E-state index in [9.17, 15) is 9.18 Å². The number of carbonyl (C=O) groups is 1. The number of benzene rings is 1. The number of rotatable bonds is 2. The zero-order chi connectivity index (χ0) is 11.7. The lowest BCUT2D eigenvalue weighted by Crippen LogP contribution is -1.95. The molecule has 1 aromatic carbocycles. The second kappa shape index (κ2) is 4.06. The number of aldehydes is 1. The lowest BCUT2D eigenvalue weighted by molar-refractivity contribution is 0.112. The lowest BCUT2D eigenvalue weighted by Gasteiger charge is -2.01. The van der Waals surface area contributed by atoms with E-state index < -0.39 is 5.82 Å². The van der Waals surface area contributed by atoms with Crippen LogP contribution in [0.15, 0.2) is 24.4 Å². The summed E-state index contributed by atoms with van der Waals surface area (Å²) < 4.78 is 14.7. The maximum absolute atomic E-state index is 13.2. The molecule has 0 N–H and O–H groups in total. The Labute approximate surface area is 96.5 Å². The maximum Gasteiger partial charge on any atom is 0.153 e. The van der Waals surface area contributed by atoms with E-state index in [1.165, 1.54) is 16.8 Å². The summed E-state index contributed by atoms with van der Waals surface area (Å²) in [6.07, 6.45) is 2.26. The van der Waals surface area contributed by atoms with Crippen molar-refractivity contribution in [1.82, 2.24) is 9.78 Å². The first-order chi connectivity index (χ1) is 7.61. The number of carbonyl (C=O) groups excluding carboxylic acids is 1. The molecule has 0 fully saturated rings. The summed E-state index contributed by atoms with van der Waals surface area (Å²) in [6.45, 7) is 1.71. The molecule has 5 heteroatoms. The van der Waals surface area contributed by atoms with E-state index >= 15 is 0 Å². The average Bonchev–Trinajstić information content (AvgIpc) is 2.64. The summed E-state index contributed by atoms with van der Waals surface area (Å²) in [5, 5.41) is 4.16. The number of aromatic nitrogens is 2. The monoisotopic (exact) mass is 238 g/mol. The van der Waals surface area contributed by atoms with Crippen molar-refractivity contribution >= 4 is 17.9 Å². The second-order valence-corrected chi connectivity index (χ2v) is 3.74. The van der Waals surface area contributed by atoms with Crippen LogP contribution in [0.5, 0.6) is 0 Å². The van der Waals surface area contributed by atoms with Crippen molar-refractivity contribution in [1.29, 1.82) is 0 Å². The predicted octanol–water partition coefficient (Wildman–Crippen LogP) is 2.79. The van der Waals surface area contributed by atoms with Crippen LogP contribution in [0.4, 0.5) is 4.39 Å². The molecule has 0 amide bonds. The third-order valence-electron chi connectivity index (χ3n) is 2.23. The molecule has 1 heterocycles. The minimum Gasteiger partial charge on any atom is -0.298 e. The van der Waals surface area contributed by atoms with Crippen LogP contribution in [0.3, 0.4) is 0 Å². The fourth-order valence-corrected chi connectivity index (χ4v) is 1.47. The average molecular weight is 239 g/mol. The first-order valence-corrected chi connectivity index (χ1v) is 4.96. The van der Waals surface area contributed by atoms with E-state index in [1.807, 2.05) is 0 Å². The van der Waals surface area contributed by atoms with Crippen molar-refractivity contribution in [3.05, 3.63) is 46.5 Å². The van der Waals surface area contributed by atoms with Crippen LogP contribution >= 0.6 is 11.6 Å². The first kappa shape index (κ1) is 10.8. The predicted molar refractivity (Wildman–Crippen MR) is 58.7 cm³/mol. The SMILES string of the molecule is Cc1nn(-c2ccc(Cl)c(F)c2)cc1C=O. The molecule has 0 aliphatic carbocycles. The van der Waals surface area contributed by atoms with Crippen molar-refractivity contribution in [2.24, 2.45) is 0 Å². The van der Waals surface area contributed by atoms with E-state index in [0.717, 1.165) is 0 Å². The van der Waals surface area contributed by atoms with Gasteiger partial charge in [-0.2, -0.15) is 5.10 Å². The van der Waals surface area contributed by atoms with Gasteiger partial charge in [-0.1, -0.05) is 11.6 Å². The minimum atomic E-state index is -0.514. The summed E-state index contributed by atoms with van der Waals surface area (Å²) in [5.74, 6) is -0.514. The Morgan fingerprint density at radius 2 is 2.25 bits per heavy atom. The Hall–Kier alpha value is -1.68. The minimum absolute atomic E-state index is 0.0586. The summed E-state index contributed by atoms with van der Waals surface area (Å²) >= 11 is 5.57. The molecule has 0 radical (unpaired) electrons. The van der Waals surface area contributed by atoms with Crippen LogP contribution in [0, 0.1) is 12.7 Å². The number of aryl methyl sites for hydroxylation is 1. The highest BCUT2D eigenvalue weighted by Crippen LogP contribution is 2.18. The Kier molecular flexibility index (Phi) is 2.75. The van der Waals surface area contributed by atoms with E-state index in [0.29, 0.717) is 23.2 Å². The van der Waals surface area contributed by atoms with Gasteiger partial charge in [-0.25, -0.2) is 9.07 Å². The van der Waals surface area contributed by atoms with Gasteiger partial charge in [0.05, 0.1) is 22.0 Å². The van der Waals surface area contributed by atoms with Crippen molar-refractivity contribution < 1.29 is 9.18 Å². The molecule has 0 saturated carbocycles. The molecule has 0 aliphatic heterocycles. The summed E-state index contributed by atoms with van der Waals surface area (Å²) in [6, 6.07) is 4.35. The number of hydrogen-bond acceptors (Lipinski definition) is 2. The van der Waals surface area contributed by atoms with Gasteiger partial charge in [-0.15, -0.1) is 0 Å². The highest BCUT2D eigenvalue weighted by molar-refractivity contribution is 6.30. The van der Waals surface area contributed by atoms with Gasteiger partial charge < -0.3 is 0 Å². The summed E-state index contributed by atoms with van der Waals surface area (Å²) in [7, 11) is 0. The van der Waals surface area contributed by atoms with Crippen LogP contribution in [-0.4, -0.2) is 16.1 Å². The fraction of sp³-hybridized carbons (Fsp3) is 0.0909. The molecule has 0 atom stereocenters. The van der Waals surface area contributed by atoms with E-state index in [2.05, 4.69) is 5.10 Å². The molecule has 82 valence electrons. The summed E-state index contributed by atoms with van der Waals surface area (Å²) in [5.41, 5.74) is 1.61. The smallest absolute Gasteiger partial charge is 0.153 e. The first-order valence-electron chi connectivity index (χ1n) is 4.58. The third kappa shape index (κ3) is 1.84. The van der Waals surface area contributed by atoms with Gasteiger partial charge in [0, 0.05) is 12.3 Å². The summed E-state index contributed by atoms with van der Waals surface area (Å²) in [4.78, 5) is 10.6. The molecule has 2 aromatic rings. The molecule has 0 aliphatic rings. The van der Waals surface area contributed by atoms with Crippen LogP contribution in [0.25, 0.3) is 5.69 Å². The second-order valence-electron chi connectivity index (χ2n) is 3.33. The highest BCUT2D eigenvalue weighted by atomic mass is 35.5. The van der Waals surface area contributed by atoms with Crippen molar-refractivity contribution in [2.75, 3.05) is 0 Å². The maximum atomic E-state index is 13.2. The Morgan fingerprint density at radius 3 is 2.81 bits per heavy atom. The van der Waals surface area contributed by atoms with Gasteiger partial charge in [0.1, 0.15) is 5.82 Å². The van der Waals surface area contributed by atoms with E-state index in [1.54, 1.807) is 19.2 Å². The number of hydrogen-bond donors (Lipinski definition) is 0. The van der Waals surface area contributed by atoms with Gasteiger partial charge in [0.25, 0.3) is 0 Å². The van der Waals surface area contributed by atoms with E-state index in [-0.39, 0.29) is 5.02 Å². The van der Waals surface area contributed by atoms with Gasteiger partial charge in [0.2, 0.25) is 0 Å². The lowest BCUT2D eigenvalue weighted by atomic mass is 10.3. The molecule has 3 nitrogen and oxygen atoms in total. The van der Waals surface area contributed by atoms with Crippen LogP contribution < -0.4 is 0 Å². The Balaban J connectivity index is 2.50. The largest absolute Gasteiger partial charge is 0.298 e. The van der Waals surface area contributed by atoms with Crippen LogP contribution in [0.2, 0.25) is 5.02 Å². The van der Waals surface area contributed by atoms with Crippen molar-refractivity contribution in [2.45, 2.75) is 6.92 Å². The normalized spacial score (nSPS) is 10.4. The molecular weight excluding hydrogens is 231 g/mol. The molecule has 1 aromatic heterocycles. The molecule has 16 heavy (non-hydrogen) atoms. The Bertz CT molecular complexity index is 551. The molecule has 0 saturated heterocycles. The quantitative estimate of drug-likeness (QED) is 0.754. The fourth-order valence-electron chi connectivity index (χ4n) is 1.35. The van der Waals surface area contributed by atoms with Gasteiger partial charge in [0.15, 0.2) is 6.29 Å². The number of halogens is 2. The zero-order valence-electron chi connectivity index (χ0n) is 8.45. The van der Waals surface area contributed by atoms with Crippen molar-refractivity contribution in [3.63, 3.8) is 0 Å². The van der Waals surface area contributed by atoms with Crippen LogP contribution in [-0.2, 0) is 0 Å². The van der Waals surface area contributed by atoms with E-state index in [4.69, 9.17) is 11.6 Å².